The van der Waals surface area contributed by atoms with Crippen LogP contribution in [0.3, 0.4) is 0 Å². The molecule has 4 N–H and O–H groups in total. The van der Waals surface area contributed by atoms with Gasteiger partial charge in [-0.25, -0.2) is 0 Å². The molecule has 5 nitrogen and oxygen atoms in total. The predicted molar refractivity (Wildman–Crippen MR) is 90.5 cm³/mol. The topological polar surface area (TPSA) is 78.6 Å². The highest BCUT2D eigenvalue weighted by Gasteiger charge is 2.29. The summed E-state index contributed by atoms with van der Waals surface area (Å²) < 4.78 is 0. The zero-order chi connectivity index (χ0) is 16.7. The van der Waals surface area contributed by atoms with Gasteiger partial charge in [-0.15, -0.1) is 0 Å². The molecule has 0 radical (unpaired) electrons. The zero-order valence-electron chi connectivity index (χ0n) is 14.7. The Morgan fingerprint density at radius 3 is 2.55 bits per heavy atom. The van der Waals surface area contributed by atoms with Crippen LogP contribution in [0.1, 0.15) is 53.4 Å². The summed E-state index contributed by atoms with van der Waals surface area (Å²) in [6.07, 6.45) is 3.36. The highest BCUT2D eigenvalue weighted by molar-refractivity contribution is 5.81. The van der Waals surface area contributed by atoms with Crippen molar-refractivity contribution in [1.82, 2.24) is 10.2 Å². The van der Waals surface area contributed by atoms with Gasteiger partial charge in [-0.2, -0.15) is 0 Å². The SMILES string of the molecule is CC(C)CCCN1CCC(NC(=O)[C@@H](N)CC(C)C)C(O)C1. The molecular weight excluding hydrogens is 278 g/mol. The highest BCUT2D eigenvalue weighted by atomic mass is 16.3. The van der Waals surface area contributed by atoms with Crippen LogP contribution in [0.2, 0.25) is 0 Å². The van der Waals surface area contributed by atoms with Crippen LogP contribution in [0.5, 0.6) is 0 Å². The average Bonchev–Trinajstić information content (AvgIpc) is 2.40. The summed E-state index contributed by atoms with van der Waals surface area (Å²) in [4.78, 5) is 14.4. The molecule has 0 aliphatic carbocycles. The molecule has 5 heteroatoms. The molecule has 0 aromatic rings. The van der Waals surface area contributed by atoms with Gasteiger partial charge >= 0.3 is 0 Å². The van der Waals surface area contributed by atoms with Crippen LogP contribution in [0.15, 0.2) is 0 Å². The minimum Gasteiger partial charge on any atom is -0.390 e. The molecule has 0 aromatic heterocycles. The third-order valence-corrected chi connectivity index (χ3v) is 4.31. The lowest BCUT2D eigenvalue weighted by molar-refractivity contribution is -0.125. The number of β-amino-alcohol motifs (C(OH)–C–C–N with tert-alkyl or cyclic N) is 1. The first-order valence-corrected chi connectivity index (χ1v) is 8.76. The van der Waals surface area contributed by atoms with Crippen LogP contribution >= 0.6 is 0 Å². The first-order chi connectivity index (χ1) is 10.3. The predicted octanol–water partition coefficient (Wildman–Crippen LogP) is 1.35. The number of amides is 1. The van der Waals surface area contributed by atoms with Gasteiger partial charge in [-0.3, -0.25) is 4.79 Å². The number of rotatable bonds is 8. The van der Waals surface area contributed by atoms with Crippen molar-refractivity contribution >= 4 is 5.91 Å². The number of piperidine rings is 1. The summed E-state index contributed by atoms with van der Waals surface area (Å²) in [7, 11) is 0. The summed E-state index contributed by atoms with van der Waals surface area (Å²) in [5.74, 6) is 0.990. The maximum Gasteiger partial charge on any atom is 0.237 e. The standard InChI is InChI=1S/C17H35N3O2/c1-12(2)6-5-8-20-9-7-15(16(21)11-20)19-17(22)14(18)10-13(3)4/h12-16,21H,5-11,18H2,1-4H3,(H,19,22)/t14-,15?,16?/m0/s1. The molecule has 0 saturated carbocycles. The fraction of sp³-hybridized carbons (Fsp3) is 0.941. The van der Waals surface area contributed by atoms with E-state index in [1.807, 2.05) is 0 Å². The molecule has 22 heavy (non-hydrogen) atoms. The van der Waals surface area contributed by atoms with Crippen LogP contribution in [-0.4, -0.2) is 53.7 Å². The van der Waals surface area contributed by atoms with Gasteiger partial charge in [0.05, 0.1) is 18.2 Å². The molecule has 3 atom stereocenters. The summed E-state index contributed by atoms with van der Waals surface area (Å²) in [6.45, 7) is 11.2. The zero-order valence-corrected chi connectivity index (χ0v) is 14.7. The van der Waals surface area contributed by atoms with E-state index in [-0.39, 0.29) is 11.9 Å². The number of hydrogen-bond acceptors (Lipinski definition) is 4. The lowest BCUT2D eigenvalue weighted by Crippen LogP contribution is -2.56. The largest absolute Gasteiger partial charge is 0.390 e. The first-order valence-electron chi connectivity index (χ1n) is 8.76. The molecule has 1 rings (SSSR count). The summed E-state index contributed by atoms with van der Waals surface area (Å²) in [5.41, 5.74) is 5.90. The number of nitrogens with zero attached hydrogens (tertiary/aromatic N) is 1. The van der Waals surface area contributed by atoms with E-state index in [1.165, 1.54) is 12.8 Å². The van der Waals surface area contributed by atoms with Crippen LogP contribution in [-0.2, 0) is 4.79 Å². The van der Waals surface area contributed by atoms with Crippen LogP contribution < -0.4 is 11.1 Å². The number of hydrogen-bond donors (Lipinski definition) is 3. The second kappa shape index (κ2) is 9.48. The maximum atomic E-state index is 12.1. The molecule has 1 fully saturated rings. The van der Waals surface area contributed by atoms with Crippen molar-refractivity contribution in [3.8, 4) is 0 Å². The molecule has 0 spiro atoms. The monoisotopic (exact) mass is 313 g/mol. The Morgan fingerprint density at radius 1 is 1.32 bits per heavy atom. The Kier molecular flexibility index (Phi) is 8.36. The second-order valence-corrected chi connectivity index (χ2v) is 7.54. The number of aliphatic hydroxyl groups excluding tert-OH is 1. The number of likely N-dealkylation sites (tertiary alicyclic amines) is 1. The molecule has 1 heterocycles. The summed E-state index contributed by atoms with van der Waals surface area (Å²) in [6, 6.07) is -0.636. The van der Waals surface area contributed by atoms with E-state index in [0.717, 1.165) is 25.4 Å². The van der Waals surface area contributed by atoms with Crippen molar-refractivity contribution in [2.75, 3.05) is 19.6 Å². The lowest BCUT2D eigenvalue weighted by Gasteiger charge is -2.36. The third kappa shape index (κ3) is 7.07. The molecule has 2 unspecified atom stereocenters. The highest BCUT2D eigenvalue weighted by Crippen LogP contribution is 2.14. The lowest BCUT2D eigenvalue weighted by atomic mass is 9.99. The van der Waals surface area contributed by atoms with E-state index in [9.17, 15) is 9.90 Å². The summed E-state index contributed by atoms with van der Waals surface area (Å²) in [5, 5.41) is 13.2. The van der Waals surface area contributed by atoms with Crippen molar-refractivity contribution < 1.29 is 9.90 Å². The molecule has 0 bridgehead atoms. The van der Waals surface area contributed by atoms with Gasteiger partial charge in [0, 0.05) is 13.1 Å². The number of carbonyl (C=O) groups excluding carboxylic acids is 1. The molecule has 130 valence electrons. The fourth-order valence-corrected chi connectivity index (χ4v) is 3.00. The smallest absolute Gasteiger partial charge is 0.237 e. The number of nitrogens with two attached hydrogens (primary N) is 1. The maximum absolute atomic E-state index is 12.1. The van der Waals surface area contributed by atoms with Gasteiger partial charge in [0.25, 0.3) is 0 Å². The molecular formula is C17H35N3O2. The normalized spacial score (nSPS) is 24.7. The minimum absolute atomic E-state index is 0.133. The van der Waals surface area contributed by atoms with Crippen molar-refractivity contribution in [2.24, 2.45) is 17.6 Å². The third-order valence-electron chi connectivity index (χ3n) is 4.31. The van der Waals surface area contributed by atoms with Gasteiger partial charge in [0.2, 0.25) is 5.91 Å². The van der Waals surface area contributed by atoms with E-state index in [4.69, 9.17) is 5.73 Å². The van der Waals surface area contributed by atoms with Crippen molar-refractivity contribution in [2.45, 2.75) is 71.6 Å². The quantitative estimate of drug-likeness (QED) is 0.632. The Balaban J connectivity index is 2.32. The minimum atomic E-state index is -0.497. The van der Waals surface area contributed by atoms with E-state index in [1.54, 1.807) is 0 Å². The number of nitrogens with one attached hydrogen (secondary N) is 1. The van der Waals surface area contributed by atoms with Crippen LogP contribution in [0.4, 0.5) is 0 Å². The Bertz CT molecular complexity index is 334. The fourth-order valence-electron chi connectivity index (χ4n) is 3.00. The number of aliphatic hydroxyl groups is 1. The molecule has 1 saturated heterocycles. The van der Waals surface area contributed by atoms with Gasteiger partial charge in [-0.05, 0) is 44.1 Å². The first kappa shape index (κ1) is 19.4. The summed E-state index contributed by atoms with van der Waals surface area (Å²) >= 11 is 0. The van der Waals surface area contributed by atoms with Gasteiger partial charge in [0.15, 0.2) is 0 Å². The Labute approximate surface area is 135 Å². The Hall–Kier alpha value is -0.650. The number of carbonyl (C=O) groups is 1. The van der Waals surface area contributed by atoms with Crippen molar-refractivity contribution in [3.05, 3.63) is 0 Å². The van der Waals surface area contributed by atoms with E-state index >= 15 is 0 Å². The van der Waals surface area contributed by atoms with E-state index < -0.39 is 12.1 Å². The average molecular weight is 313 g/mol. The molecule has 0 aromatic carbocycles. The molecule has 1 aliphatic heterocycles. The molecule has 1 amide bonds. The van der Waals surface area contributed by atoms with Gasteiger partial charge in [-0.1, -0.05) is 27.7 Å². The van der Waals surface area contributed by atoms with E-state index in [2.05, 4.69) is 37.9 Å². The van der Waals surface area contributed by atoms with E-state index in [0.29, 0.717) is 18.9 Å². The van der Waals surface area contributed by atoms with Crippen LogP contribution in [0.25, 0.3) is 0 Å². The van der Waals surface area contributed by atoms with Crippen molar-refractivity contribution in [3.63, 3.8) is 0 Å². The van der Waals surface area contributed by atoms with Gasteiger partial charge in [0.1, 0.15) is 0 Å². The second-order valence-electron chi connectivity index (χ2n) is 7.54. The van der Waals surface area contributed by atoms with Crippen molar-refractivity contribution in [1.29, 1.82) is 0 Å². The molecule has 1 aliphatic rings. The van der Waals surface area contributed by atoms with Gasteiger partial charge < -0.3 is 21.1 Å². The van der Waals surface area contributed by atoms with Crippen LogP contribution in [0, 0.1) is 11.8 Å². The Morgan fingerprint density at radius 2 is 2.00 bits per heavy atom.